The van der Waals surface area contributed by atoms with Crippen molar-refractivity contribution in [3.63, 3.8) is 0 Å². The van der Waals surface area contributed by atoms with Crippen molar-refractivity contribution in [1.29, 1.82) is 0 Å². The van der Waals surface area contributed by atoms with Crippen LogP contribution in [0.3, 0.4) is 0 Å². The van der Waals surface area contributed by atoms with E-state index in [0.29, 0.717) is 18.0 Å². The second-order valence-corrected chi connectivity index (χ2v) is 6.75. The van der Waals surface area contributed by atoms with Crippen LogP contribution in [0.15, 0.2) is 23.1 Å². The van der Waals surface area contributed by atoms with Crippen LogP contribution in [0.25, 0.3) is 0 Å². The van der Waals surface area contributed by atoms with Crippen LogP contribution in [0, 0.1) is 0 Å². The lowest BCUT2D eigenvalue weighted by Crippen LogP contribution is -2.40. The zero-order chi connectivity index (χ0) is 15.3. The third-order valence-electron chi connectivity index (χ3n) is 3.53. The maximum atomic E-state index is 12.4. The average molecular weight is 314 g/mol. The van der Waals surface area contributed by atoms with Gasteiger partial charge in [-0.05, 0) is 31.5 Å². The van der Waals surface area contributed by atoms with Crippen LogP contribution in [0.2, 0.25) is 0 Å². The van der Waals surface area contributed by atoms with E-state index in [1.54, 1.807) is 6.07 Å². The largest absolute Gasteiger partial charge is 0.493 e. The molecule has 1 heterocycles. The molecule has 0 radical (unpaired) electrons. The molecule has 7 heteroatoms. The number of ether oxygens (including phenoxy) is 2. The average Bonchev–Trinajstić information content (AvgIpc) is 2.74. The molecule has 1 unspecified atom stereocenters. The Balaban J connectivity index is 2.18. The van der Waals surface area contributed by atoms with Gasteiger partial charge in [0.2, 0.25) is 10.0 Å². The summed E-state index contributed by atoms with van der Waals surface area (Å²) in [5.41, 5.74) is 0. The van der Waals surface area contributed by atoms with Crippen molar-refractivity contribution < 1.29 is 17.9 Å². The predicted molar refractivity (Wildman–Crippen MR) is 80.4 cm³/mol. The molecule has 1 aliphatic heterocycles. The van der Waals surface area contributed by atoms with E-state index in [1.807, 2.05) is 0 Å². The zero-order valence-electron chi connectivity index (χ0n) is 12.4. The molecule has 2 N–H and O–H groups in total. The first kappa shape index (κ1) is 16.1. The summed E-state index contributed by atoms with van der Waals surface area (Å²) in [5, 5.41) is 3.24. The van der Waals surface area contributed by atoms with Crippen LogP contribution >= 0.6 is 0 Å². The summed E-state index contributed by atoms with van der Waals surface area (Å²) in [6.45, 7) is 1.60. The number of benzene rings is 1. The van der Waals surface area contributed by atoms with Crippen LogP contribution in [0.4, 0.5) is 0 Å². The topological polar surface area (TPSA) is 76.7 Å². The summed E-state index contributed by atoms with van der Waals surface area (Å²) in [7, 11) is -0.561. The van der Waals surface area contributed by atoms with Crippen molar-refractivity contribution in [2.75, 3.05) is 27.3 Å². The summed E-state index contributed by atoms with van der Waals surface area (Å²) in [4.78, 5) is 0.185. The van der Waals surface area contributed by atoms with Gasteiger partial charge in [-0.1, -0.05) is 6.42 Å². The van der Waals surface area contributed by atoms with Crippen LogP contribution in [-0.4, -0.2) is 41.8 Å². The van der Waals surface area contributed by atoms with Crippen molar-refractivity contribution in [3.8, 4) is 11.5 Å². The molecule has 0 amide bonds. The monoisotopic (exact) mass is 314 g/mol. The van der Waals surface area contributed by atoms with Crippen molar-refractivity contribution in [3.05, 3.63) is 18.2 Å². The SMILES string of the molecule is COc1ccc(S(=O)(=O)NC2CCCCNC2)cc1OC. The minimum atomic E-state index is -3.56. The molecule has 0 bridgehead atoms. The minimum Gasteiger partial charge on any atom is -0.493 e. The molecule has 2 rings (SSSR count). The van der Waals surface area contributed by atoms with E-state index in [9.17, 15) is 8.42 Å². The van der Waals surface area contributed by atoms with Gasteiger partial charge in [0, 0.05) is 18.7 Å². The van der Waals surface area contributed by atoms with Gasteiger partial charge in [0.25, 0.3) is 0 Å². The van der Waals surface area contributed by atoms with E-state index < -0.39 is 10.0 Å². The van der Waals surface area contributed by atoms with E-state index in [2.05, 4.69) is 10.0 Å². The summed E-state index contributed by atoms with van der Waals surface area (Å²) in [5.74, 6) is 0.909. The van der Waals surface area contributed by atoms with Crippen molar-refractivity contribution in [2.24, 2.45) is 0 Å². The van der Waals surface area contributed by atoms with E-state index >= 15 is 0 Å². The van der Waals surface area contributed by atoms with Crippen LogP contribution < -0.4 is 19.5 Å². The lowest BCUT2D eigenvalue weighted by Gasteiger charge is -2.17. The van der Waals surface area contributed by atoms with Crippen LogP contribution in [0.1, 0.15) is 19.3 Å². The molecule has 0 aliphatic carbocycles. The Hall–Kier alpha value is -1.31. The first-order chi connectivity index (χ1) is 10.1. The summed E-state index contributed by atoms with van der Waals surface area (Å²) in [6, 6.07) is 4.52. The molecular weight excluding hydrogens is 292 g/mol. The molecule has 1 aliphatic rings. The molecule has 1 aromatic carbocycles. The number of rotatable bonds is 5. The molecule has 1 fully saturated rings. The van der Waals surface area contributed by atoms with E-state index in [1.165, 1.54) is 26.4 Å². The molecule has 118 valence electrons. The summed E-state index contributed by atoms with van der Waals surface area (Å²) < 4.78 is 37.9. The Kier molecular flexibility index (Phi) is 5.44. The van der Waals surface area contributed by atoms with Gasteiger partial charge in [0.15, 0.2) is 11.5 Å². The van der Waals surface area contributed by atoms with Gasteiger partial charge in [0.05, 0.1) is 19.1 Å². The number of methoxy groups -OCH3 is 2. The summed E-state index contributed by atoms with van der Waals surface area (Å²) >= 11 is 0. The second-order valence-electron chi connectivity index (χ2n) is 5.03. The minimum absolute atomic E-state index is 0.0782. The lowest BCUT2D eigenvalue weighted by atomic mass is 10.2. The van der Waals surface area contributed by atoms with Gasteiger partial charge in [-0.15, -0.1) is 0 Å². The van der Waals surface area contributed by atoms with Gasteiger partial charge >= 0.3 is 0 Å². The fraction of sp³-hybridized carbons (Fsp3) is 0.571. The highest BCUT2D eigenvalue weighted by molar-refractivity contribution is 7.89. The van der Waals surface area contributed by atoms with E-state index in [4.69, 9.17) is 9.47 Å². The maximum absolute atomic E-state index is 12.4. The van der Waals surface area contributed by atoms with E-state index in [-0.39, 0.29) is 10.9 Å². The maximum Gasteiger partial charge on any atom is 0.241 e. The van der Waals surface area contributed by atoms with Crippen molar-refractivity contribution in [2.45, 2.75) is 30.2 Å². The molecule has 1 saturated heterocycles. The van der Waals surface area contributed by atoms with Gasteiger partial charge in [0.1, 0.15) is 0 Å². The number of nitrogens with one attached hydrogen (secondary N) is 2. The Morgan fingerprint density at radius 2 is 1.95 bits per heavy atom. The van der Waals surface area contributed by atoms with Crippen LogP contribution in [0.5, 0.6) is 11.5 Å². The Morgan fingerprint density at radius 1 is 1.19 bits per heavy atom. The summed E-state index contributed by atoms with van der Waals surface area (Å²) in [6.07, 6.45) is 2.94. The fourth-order valence-electron chi connectivity index (χ4n) is 2.39. The molecule has 6 nitrogen and oxygen atoms in total. The molecule has 0 spiro atoms. The van der Waals surface area contributed by atoms with Gasteiger partial charge in [-0.25, -0.2) is 13.1 Å². The first-order valence-corrected chi connectivity index (χ1v) is 8.50. The lowest BCUT2D eigenvalue weighted by molar-refractivity contribution is 0.354. The Labute approximate surface area is 125 Å². The quantitative estimate of drug-likeness (QED) is 0.852. The number of hydrogen-bond donors (Lipinski definition) is 2. The number of hydrogen-bond acceptors (Lipinski definition) is 5. The smallest absolute Gasteiger partial charge is 0.241 e. The fourth-order valence-corrected chi connectivity index (χ4v) is 3.68. The third-order valence-corrected chi connectivity index (χ3v) is 5.05. The zero-order valence-corrected chi connectivity index (χ0v) is 13.2. The highest BCUT2D eigenvalue weighted by atomic mass is 32.2. The van der Waals surface area contributed by atoms with Crippen LogP contribution in [-0.2, 0) is 10.0 Å². The Morgan fingerprint density at radius 3 is 2.67 bits per heavy atom. The second kappa shape index (κ2) is 7.11. The van der Waals surface area contributed by atoms with Gasteiger partial charge in [-0.2, -0.15) is 0 Å². The highest BCUT2D eigenvalue weighted by Gasteiger charge is 2.22. The van der Waals surface area contributed by atoms with Gasteiger partial charge in [-0.3, -0.25) is 0 Å². The first-order valence-electron chi connectivity index (χ1n) is 7.02. The van der Waals surface area contributed by atoms with Crippen molar-refractivity contribution in [1.82, 2.24) is 10.0 Å². The molecule has 0 saturated carbocycles. The Bertz CT molecular complexity index is 566. The molecule has 21 heavy (non-hydrogen) atoms. The molecular formula is C14H22N2O4S. The molecule has 1 aromatic rings. The van der Waals surface area contributed by atoms with E-state index in [0.717, 1.165) is 25.8 Å². The van der Waals surface area contributed by atoms with Crippen molar-refractivity contribution >= 4 is 10.0 Å². The third kappa shape index (κ3) is 4.09. The number of sulfonamides is 1. The molecule has 0 aromatic heterocycles. The standard InChI is InChI=1S/C14H22N2O4S/c1-19-13-7-6-12(9-14(13)20-2)21(17,18)16-11-5-3-4-8-15-10-11/h6-7,9,11,15-16H,3-5,8,10H2,1-2H3. The van der Waals surface area contributed by atoms with Gasteiger partial charge < -0.3 is 14.8 Å². The highest BCUT2D eigenvalue weighted by Crippen LogP contribution is 2.29. The normalized spacial score (nSPS) is 19.8. The predicted octanol–water partition coefficient (Wildman–Crippen LogP) is 1.12. The molecule has 1 atom stereocenters.